The van der Waals surface area contributed by atoms with Crippen LogP contribution in [-0.2, 0) is 16.0 Å². The van der Waals surface area contributed by atoms with Crippen molar-refractivity contribution >= 4 is 23.2 Å². The van der Waals surface area contributed by atoms with E-state index in [4.69, 9.17) is 0 Å². The van der Waals surface area contributed by atoms with Crippen molar-refractivity contribution in [3.8, 4) is 0 Å². The van der Waals surface area contributed by atoms with E-state index in [9.17, 15) is 9.59 Å². The number of piperazine rings is 1. The van der Waals surface area contributed by atoms with Gasteiger partial charge in [0, 0.05) is 43.5 Å². The lowest BCUT2D eigenvalue weighted by molar-refractivity contribution is -0.142. The predicted molar refractivity (Wildman–Crippen MR) is 128 cm³/mol. The molecule has 3 heterocycles. The number of thiophene rings is 1. The smallest absolute Gasteiger partial charge is 0.236 e. The van der Waals surface area contributed by atoms with Crippen molar-refractivity contribution < 1.29 is 9.59 Å². The molecule has 1 aromatic heterocycles. The zero-order chi connectivity index (χ0) is 22.1. The molecule has 1 saturated carbocycles. The second-order valence-electron chi connectivity index (χ2n) is 9.47. The van der Waals surface area contributed by atoms with Crippen molar-refractivity contribution in [2.75, 3.05) is 39.3 Å². The van der Waals surface area contributed by atoms with Gasteiger partial charge in [0.1, 0.15) is 0 Å². The van der Waals surface area contributed by atoms with Gasteiger partial charge in [0.2, 0.25) is 11.8 Å². The molecule has 2 aliphatic heterocycles. The molecule has 2 amide bonds. The van der Waals surface area contributed by atoms with Crippen LogP contribution in [-0.4, -0.2) is 65.8 Å². The van der Waals surface area contributed by atoms with Crippen molar-refractivity contribution in [3.63, 3.8) is 0 Å². The van der Waals surface area contributed by atoms with Gasteiger partial charge in [-0.15, -0.1) is 11.3 Å². The van der Waals surface area contributed by atoms with Crippen molar-refractivity contribution in [3.05, 3.63) is 57.3 Å². The fourth-order valence-corrected chi connectivity index (χ4v) is 6.58. The molecule has 0 spiro atoms. The molecule has 170 valence electrons. The van der Waals surface area contributed by atoms with Gasteiger partial charge in [-0.1, -0.05) is 37.1 Å². The quantitative estimate of drug-likeness (QED) is 0.709. The number of nitrogens with zero attached hydrogens (tertiary/aromatic N) is 3. The highest BCUT2D eigenvalue weighted by atomic mass is 32.1. The monoisotopic (exact) mass is 451 g/mol. The summed E-state index contributed by atoms with van der Waals surface area (Å²) in [6.45, 7) is 6.17. The van der Waals surface area contributed by atoms with Gasteiger partial charge in [0.05, 0.1) is 12.6 Å². The number of carbonyl (C=O) groups is 2. The number of hydrogen-bond acceptors (Lipinski definition) is 4. The van der Waals surface area contributed by atoms with Gasteiger partial charge in [-0.25, -0.2) is 0 Å². The summed E-state index contributed by atoms with van der Waals surface area (Å²) in [5.74, 6) is 0.728. The van der Waals surface area contributed by atoms with E-state index in [-0.39, 0.29) is 17.9 Å². The Hall–Kier alpha value is -2.18. The van der Waals surface area contributed by atoms with Crippen LogP contribution >= 0.6 is 11.3 Å². The van der Waals surface area contributed by atoms with Crippen molar-refractivity contribution in [2.24, 2.45) is 5.92 Å². The minimum atomic E-state index is 0.139. The summed E-state index contributed by atoms with van der Waals surface area (Å²) in [6.07, 6.45) is 5.44. The first-order valence-electron chi connectivity index (χ1n) is 12.0. The number of rotatable bonds is 4. The van der Waals surface area contributed by atoms with Crippen molar-refractivity contribution in [1.82, 2.24) is 14.7 Å². The largest absolute Gasteiger partial charge is 0.339 e. The van der Waals surface area contributed by atoms with Crippen LogP contribution in [0.3, 0.4) is 0 Å². The number of fused-ring (bicyclic) bond motifs is 1. The molecule has 1 unspecified atom stereocenters. The zero-order valence-electron chi connectivity index (χ0n) is 19.0. The average Bonchev–Trinajstić information content (AvgIpc) is 3.51. The maximum absolute atomic E-state index is 13.3. The molecule has 0 N–H and O–H groups in total. The summed E-state index contributed by atoms with van der Waals surface area (Å²) in [5, 5.41) is 2.18. The van der Waals surface area contributed by atoms with E-state index in [1.165, 1.54) is 34.4 Å². The SMILES string of the molecule is Cc1ccccc1C1c2ccsc2CCN1CC(=O)N1CCN(C(=O)C2CCCC2)CC1. The lowest BCUT2D eigenvalue weighted by Gasteiger charge is -2.40. The third-order valence-electron chi connectivity index (χ3n) is 7.54. The summed E-state index contributed by atoms with van der Waals surface area (Å²) < 4.78 is 0. The van der Waals surface area contributed by atoms with Gasteiger partial charge in [-0.05, 0) is 54.3 Å². The molecule has 3 aliphatic rings. The summed E-state index contributed by atoms with van der Waals surface area (Å²) in [4.78, 5) is 33.8. The molecule has 1 aromatic carbocycles. The molecule has 2 aromatic rings. The lowest BCUT2D eigenvalue weighted by Crippen LogP contribution is -2.54. The van der Waals surface area contributed by atoms with Crippen molar-refractivity contribution in [2.45, 2.75) is 45.1 Å². The topological polar surface area (TPSA) is 43.9 Å². The van der Waals surface area contributed by atoms with Crippen LogP contribution in [0.4, 0.5) is 0 Å². The Balaban J connectivity index is 1.26. The summed E-state index contributed by atoms with van der Waals surface area (Å²) in [6, 6.07) is 10.9. The third kappa shape index (κ3) is 4.23. The maximum Gasteiger partial charge on any atom is 0.236 e. The zero-order valence-corrected chi connectivity index (χ0v) is 19.8. The number of aryl methyl sites for hydroxylation is 1. The molecule has 1 aliphatic carbocycles. The first kappa shape index (κ1) is 21.7. The molecular weight excluding hydrogens is 418 g/mol. The summed E-state index contributed by atoms with van der Waals surface area (Å²) in [7, 11) is 0. The molecule has 0 bridgehead atoms. The standard InChI is InChI=1S/C26H33N3O2S/c1-19-6-2-5-9-21(19)25-22-11-17-32-23(22)10-12-29(25)18-24(30)27-13-15-28(16-14-27)26(31)20-7-3-4-8-20/h2,5-6,9,11,17,20,25H,3-4,7-8,10,12-16,18H2,1H3. The van der Waals surface area contributed by atoms with Gasteiger partial charge in [-0.3, -0.25) is 14.5 Å². The van der Waals surface area contributed by atoms with Gasteiger partial charge in [-0.2, -0.15) is 0 Å². The molecule has 5 nitrogen and oxygen atoms in total. The van der Waals surface area contributed by atoms with Gasteiger partial charge < -0.3 is 9.80 Å². The Labute approximate surface area is 195 Å². The molecule has 6 heteroatoms. The molecule has 5 rings (SSSR count). The highest BCUT2D eigenvalue weighted by molar-refractivity contribution is 7.10. The van der Waals surface area contributed by atoms with Gasteiger partial charge in [0.15, 0.2) is 0 Å². The highest BCUT2D eigenvalue weighted by Gasteiger charge is 2.34. The molecule has 2 fully saturated rings. The number of hydrogen-bond donors (Lipinski definition) is 0. The first-order valence-corrected chi connectivity index (χ1v) is 12.9. The third-order valence-corrected chi connectivity index (χ3v) is 8.53. The molecule has 1 saturated heterocycles. The Kier molecular flexibility index (Phi) is 6.33. The van der Waals surface area contributed by atoms with Crippen LogP contribution in [0.2, 0.25) is 0 Å². The molecule has 32 heavy (non-hydrogen) atoms. The van der Waals surface area contributed by atoms with Gasteiger partial charge >= 0.3 is 0 Å². The lowest BCUT2D eigenvalue weighted by atomic mass is 9.90. The van der Waals surface area contributed by atoms with E-state index in [0.717, 1.165) is 25.8 Å². The summed E-state index contributed by atoms with van der Waals surface area (Å²) in [5.41, 5.74) is 3.93. The Morgan fingerprint density at radius 2 is 1.66 bits per heavy atom. The van der Waals surface area contributed by atoms with Crippen LogP contribution in [0.25, 0.3) is 0 Å². The van der Waals surface area contributed by atoms with Crippen LogP contribution in [0.1, 0.15) is 53.3 Å². The van der Waals surface area contributed by atoms with Crippen LogP contribution in [0, 0.1) is 12.8 Å². The fourth-order valence-electron chi connectivity index (χ4n) is 5.68. The minimum Gasteiger partial charge on any atom is -0.339 e. The number of carbonyl (C=O) groups excluding carboxylic acids is 2. The van der Waals surface area contributed by atoms with E-state index < -0.39 is 0 Å². The second kappa shape index (κ2) is 9.36. The van der Waals surface area contributed by atoms with Crippen LogP contribution in [0.5, 0.6) is 0 Å². The summed E-state index contributed by atoms with van der Waals surface area (Å²) >= 11 is 1.83. The minimum absolute atomic E-state index is 0.139. The van der Waals surface area contributed by atoms with Crippen molar-refractivity contribution in [1.29, 1.82) is 0 Å². The predicted octanol–water partition coefficient (Wildman–Crippen LogP) is 3.87. The van der Waals surface area contributed by atoms with E-state index in [1.54, 1.807) is 0 Å². The first-order chi connectivity index (χ1) is 15.6. The fraction of sp³-hybridized carbons (Fsp3) is 0.538. The van der Waals surface area contributed by atoms with E-state index in [2.05, 4.69) is 47.5 Å². The average molecular weight is 452 g/mol. The normalized spacial score (nSPS) is 22.2. The van der Waals surface area contributed by atoms with E-state index >= 15 is 0 Å². The molecular formula is C26H33N3O2S. The number of benzene rings is 1. The maximum atomic E-state index is 13.3. The van der Waals surface area contributed by atoms with Gasteiger partial charge in [0.25, 0.3) is 0 Å². The highest BCUT2D eigenvalue weighted by Crippen LogP contribution is 2.38. The molecule has 0 radical (unpaired) electrons. The van der Waals surface area contributed by atoms with E-state index in [1.807, 2.05) is 21.1 Å². The molecule has 1 atom stereocenters. The Morgan fingerprint density at radius 1 is 0.938 bits per heavy atom. The Morgan fingerprint density at radius 3 is 2.41 bits per heavy atom. The second-order valence-corrected chi connectivity index (χ2v) is 10.5. The Bertz CT molecular complexity index is 973. The van der Waals surface area contributed by atoms with Crippen LogP contribution in [0.15, 0.2) is 35.7 Å². The van der Waals surface area contributed by atoms with E-state index in [0.29, 0.717) is 38.6 Å². The number of amides is 2. The van der Waals surface area contributed by atoms with Crippen LogP contribution < -0.4 is 0 Å².